The second-order valence-electron chi connectivity index (χ2n) is 3.65. The van der Waals surface area contributed by atoms with Crippen LogP contribution >= 0.6 is 0 Å². The number of hydrogen-bond acceptors (Lipinski definition) is 4. The van der Waals surface area contributed by atoms with Crippen LogP contribution in [0.3, 0.4) is 0 Å². The van der Waals surface area contributed by atoms with Crippen LogP contribution in [0, 0.1) is 12.7 Å². The van der Waals surface area contributed by atoms with Crippen LogP contribution in [0.15, 0.2) is 30.6 Å². The Hall–Kier alpha value is -2.17. The molecule has 0 radical (unpaired) electrons. The van der Waals surface area contributed by atoms with E-state index in [1.54, 1.807) is 31.6 Å². The van der Waals surface area contributed by atoms with Gasteiger partial charge in [0, 0.05) is 7.05 Å². The van der Waals surface area contributed by atoms with Gasteiger partial charge >= 0.3 is 0 Å². The fourth-order valence-electron chi connectivity index (χ4n) is 1.42. The van der Waals surface area contributed by atoms with Crippen molar-refractivity contribution in [3.8, 4) is 0 Å². The van der Waals surface area contributed by atoms with Gasteiger partial charge in [0.05, 0.1) is 18.1 Å². The molecule has 0 unspecified atom stereocenters. The number of rotatable bonds is 3. The molecule has 1 aromatic heterocycles. The lowest BCUT2D eigenvalue weighted by Gasteiger charge is -2.08. The summed E-state index contributed by atoms with van der Waals surface area (Å²) in [6.07, 6.45) is 3.14. The van der Waals surface area contributed by atoms with Crippen LogP contribution in [0.4, 0.5) is 21.7 Å². The minimum absolute atomic E-state index is 0.313. The number of nitrogens with zero attached hydrogens (tertiary/aromatic N) is 2. The van der Waals surface area contributed by atoms with Crippen molar-refractivity contribution in [3.63, 3.8) is 0 Å². The van der Waals surface area contributed by atoms with Gasteiger partial charge in [-0.3, -0.25) is 4.98 Å². The first-order valence-corrected chi connectivity index (χ1v) is 5.22. The van der Waals surface area contributed by atoms with Gasteiger partial charge in [0.1, 0.15) is 11.6 Å². The molecule has 0 aliphatic heterocycles. The monoisotopic (exact) mass is 232 g/mol. The molecular formula is C12H13FN4. The summed E-state index contributed by atoms with van der Waals surface area (Å²) < 4.78 is 13.5. The fourth-order valence-corrected chi connectivity index (χ4v) is 1.42. The van der Waals surface area contributed by atoms with E-state index in [1.165, 1.54) is 6.07 Å². The quantitative estimate of drug-likeness (QED) is 0.854. The number of aromatic nitrogens is 2. The zero-order valence-corrected chi connectivity index (χ0v) is 9.66. The van der Waals surface area contributed by atoms with Crippen molar-refractivity contribution in [1.82, 2.24) is 9.97 Å². The van der Waals surface area contributed by atoms with Crippen molar-refractivity contribution in [3.05, 3.63) is 42.0 Å². The molecule has 0 aliphatic rings. The highest BCUT2D eigenvalue weighted by molar-refractivity contribution is 5.58. The molecule has 1 heterocycles. The van der Waals surface area contributed by atoms with Gasteiger partial charge in [-0.05, 0) is 24.6 Å². The Balaban J connectivity index is 2.27. The van der Waals surface area contributed by atoms with Gasteiger partial charge in [-0.25, -0.2) is 9.37 Å². The van der Waals surface area contributed by atoms with Gasteiger partial charge in [-0.15, -0.1) is 0 Å². The van der Waals surface area contributed by atoms with E-state index in [9.17, 15) is 4.39 Å². The number of nitrogens with one attached hydrogen (secondary N) is 2. The van der Waals surface area contributed by atoms with Gasteiger partial charge in [0.2, 0.25) is 0 Å². The summed E-state index contributed by atoms with van der Waals surface area (Å²) in [6, 6.07) is 4.87. The smallest absolute Gasteiger partial charge is 0.151 e. The minimum Gasteiger partial charge on any atom is -0.372 e. The normalized spacial score (nSPS) is 10.1. The molecule has 0 spiro atoms. The Morgan fingerprint density at radius 3 is 2.71 bits per heavy atom. The van der Waals surface area contributed by atoms with E-state index in [-0.39, 0.29) is 5.82 Å². The third-order valence-electron chi connectivity index (χ3n) is 2.28. The lowest BCUT2D eigenvalue weighted by molar-refractivity contribution is 0.631. The molecule has 0 fully saturated rings. The first-order chi connectivity index (χ1) is 8.19. The summed E-state index contributed by atoms with van der Waals surface area (Å²) in [5, 5.41) is 5.77. The lowest BCUT2D eigenvalue weighted by atomic mass is 10.2. The molecule has 88 valence electrons. The topological polar surface area (TPSA) is 49.8 Å². The van der Waals surface area contributed by atoms with Crippen molar-refractivity contribution in [2.24, 2.45) is 0 Å². The molecule has 2 aromatic rings. The molecule has 0 amide bonds. The molecule has 4 nitrogen and oxygen atoms in total. The number of anilines is 3. The van der Waals surface area contributed by atoms with Crippen molar-refractivity contribution >= 4 is 17.3 Å². The highest BCUT2D eigenvalue weighted by atomic mass is 19.1. The first-order valence-electron chi connectivity index (χ1n) is 5.22. The zero-order valence-electron chi connectivity index (χ0n) is 9.66. The van der Waals surface area contributed by atoms with Crippen LogP contribution in [0.25, 0.3) is 0 Å². The maximum atomic E-state index is 13.5. The largest absolute Gasteiger partial charge is 0.372 e. The van der Waals surface area contributed by atoms with E-state index >= 15 is 0 Å². The number of benzene rings is 1. The molecular weight excluding hydrogens is 219 g/mol. The Kier molecular flexibility index (Phi) is 3.18. The second kappa shape index (κ2) is 4.78. The van der Waals surface area contributed by atoms with Crippen molar-refractivity contribution in [1.29, 1.82) is 0 Å². The van der Waals surface area contributed by atoms with Gasteiger partial charge in [-0.2, -0.15) is 0 Å². The molecule has 2 N–H and O–H groups in total. The van der Waals surface area contributed by atoms with Crippen LogP contribution < -0.4 is 10.6 Å². The number of halogens is 1. The maximum Gasteiger partial charge on any atom is 0.151 e. The zero-order chi connectivity index (χ0) is 12.3. The molecule has 0 bridgehead atoms. The van der Waals surface area contributed by atoms with Gasteiger partial charge in [-0.1, -0.05) is 6.07 Å². The lowest BCUT2D eigenvalue weighted by Crippen LogP contribution is -2.00. The molecule has 0 atom stereocenters. The molecule has 0 saturated heterocycles. The second-order valence-corrected chi connectivity index (χ2v) is 3.65. The average molecular weight is 232 g/mol. The van der Waals surface area contributed by atoms with E-state index in [4.69, 9.17) is 0 Å². The molecule has 2 rings (SSSR count). The predicted molar refractivity (Wildman–Crippen MR) is 66.0 cm³/mol. The fraction of sp³-hybridized carbons (Fsp3) is 0.167. The Morgan fingerprint density at radius 2 is 1.94 bits per heavy atom. The molecule has 0 saturated carbocycles. The molecule has 17 heavy (non-hydrogen) atoms. The third kappa shape index (κ3) is 2.69. The van der Waals surface area contributed by atoms with Crippen LogP contribution in [-0.4, -0.2) is 17.0 Å². The molecule has 5 heteroatoms. The van der Waals surface area contributed by atoms with E-state index in [0.717, 1.165) is 5.56 Å². The Morgan fingerprint density at radius 1 is 1.18 bits per heavy atom. The summed E-state index contributed by atoms with van der Waals surface area (Å²) in [5.41, 5.74) is 1.37. The summed E-state index contributed by atoms with van der Waals surface area (Å²) in [4.78, 5) is 8.20. The molecule has 0 aliphatic carbocycles. The van der Waals surface area contributed by atoms with Gasteiger partial charge in [0.25, 0.3) is 0 Å². The van der Waals surface area contributed by atoms with Crippen LogP contribution in [0.5, 0.6) is 0 Å². The number of hydrogen-bond donors (Lipinski definition) is 2. The van der Waals surface area contributed by atoms with E-state index < -0.39 is 0 Å². The van der Waals surface area contributed by atoms with E-state index in [2.05, 4.69) is 20.6 Å². The van der Waals surface area contributed by atoms with Crippen LogP contribution in [0.2, 0.25) is 0 Å². The van der Waals surface area contributed by atoms with Crippen LogP contribution in [-0.2, 0) is 0 Å². The highest BCUT2D eigenvalue weighted by Gasteiger charge is 2.04. The Labute approximate surface area is 98.9 Å². The summed E-state index contributed by atoms with van der Waals surface area (Å²) in [6.45, 7) is 1.90. The SMILES string of the molecule is CNc1cncc(Nc2cc(C)ccc2F)n1. The number of aryl methyl sites for hydroxylation is 1. The standard InChI is InChI=1S/C12H13FN4/c1-8-3-4-9(13)10(5-8)16-12-7-15-6-11(14-2)17-12/h3-7H,1-2H3,(H2,14,16,17). The Bertz CT molecular complexity index is 528. The highest BCUT2D eigenvalue weighted by Crippen LogP contribution is 2.20. The third-order valence-corrected chi connectivity index (χ3v) is 2.28. The summed E-state index contributed by atoms with van der Waals surface area (Å²) in [5.74, 6) is 0.816. The minimum atomic E-state index is -0.313. The summed E-state index contributed by atoms with van der Waals surface area (Å²) >= 11 is 0. The average Bonchev–Trinajstić information content (AvgIpc) is 2.34. The first kappa shape index (κ1) is 11.3. The molecule has 1 aromatic carbocycles. The van der Waals surface area contributed by atoms with Gasteiger partial charge < -0.3 is 10.6 Å². The summed E-state index contributed by atoms with van der Waals surface area (Å²) in [7, 11) is 1.75. The van der Waals surface area contributed by atoms with Crippen molar-refractivity contribution < 1.29 is 4.39 Å². The van der Waals surface area contributed by atoms with Crippen molar-refractivity contribution in [2.45, 2.75) is 6.92 Å². The maximum absolute atomic E-state index is 13.5. The van der Waals surface area contributed by atoms with Crippen molar-refractivity contribution in [2.75, 3.05) is 17.7 Å². The van der Waals surface area contributed by atoms with Gasteiger partial charge in [0.15, 0.2) is 5.82 Å². The van der Waals surface area contributed by atoms with E-state index in [0.29, 0.717) is 17.3 Å². The van der Waals surface area contributed by atoms with Crippen LogP contribution in [0.1, 0.15) is 5.56 Å². The van der Waals surface area contributed by atoms with E-state index in [1.807, 2.05) is 6.92 Å². The predicted octanol–water partition coefficient (Wildman–Crippen LogP) is 2.71.